The second-order valence-electron chi connectivity index (χ2n) is 7.78. The number of anilines is 1. The minimum Gasteiger partial charge on any atom is -0.460 e. The monoisotopic (exact) mass is 431 g/mol. The second kappa shape index (κ2) is 9.89. The van der Waals surface area contributed by atoms with Gasteiger partial charge in [0, 0.05) is 30.8 Å². The van der Waals surface area contributed by atoms with Crippen LogP contribution in [0.2, 0.25) is 0 Å². The third-order valence-electron chi connectivity index (χ3n) is 4.24. The van der Waals surface area contributed by atoms with Gasteiger partial charge in [-0.1, -0.05) is 43.4 Å². The van der Waals surface area contributed by atoms with Crippen LogP contribution in [0, 0.1) is 5.92 Å². The zero-order valence-electron chi connectivity index (χ0n) is 18.4. The minimum atomic E-state index is -0.328. The largest absolute Gasteiger partial charge is 0.460 e. The summed E-state index contributed by atoms with van der Waals surface area (Å²) in [4.78, 5) is 24.0. The van der Waals surface area contributed by atoms with Crippen molar-refractivity contribution in [2.75, 3.05) is 11.9 Å². The van der Waals surface area contributed by atoms with Gasteiger partial charge >= 0.3 is 5.97 Å². The summed E-state index contributed by atoms with van der Waals surface area (Å²) in [7, 11) is 7.83. The number of carbonyl (C=O) groups excluding carboxylic acids is 1. The van der Waals surface area contributed by atoms with Crippen LogP contribution in [0.3, 0.4) is 0 Å². The number of fused-ring (bicyclic) bond motifs is 2. The number of hydrogen-bond acceptors (Lipinski definition) is 7. The highest BCUT2D eigenvalue weighted by Gasteiger charge is 2.30. The van der Waals surface area contributed by atoms with E-state index < -0.39 is 0 Å². The Labute approximate surface area is 183 Å². The zero-order chi connectivity index (χ0) is 21.8. The van der Waals surface area contributed by atoms with E-state index in [-0.39, 0.29) is 11.6 Å². The molecule has 0 aliphatic heterocycles. The van der Waals surface area contributed by atoms with Gasteiger partial charge in [0.2, 0.25) is 0 Å². The SMILES string of the molecule is CC.CC(=O)OC(C)(C)C.[B]c1nc2sc(N(C)[C@@H]3CC=CC4=C[C@H]4C3)nc2s1. The molecule has 2 atom stereocenters. The van der Waals surface area contributed by atoms with Crippen molar-refractivity contribution >= 4 is 56.2 Å². The molecule has 29 heavy (non-hydrogen) atoms. The maximum Gasteiger partial charge on any atom is 0.303 e. The van der Waals surface area contributed by atoms with Crippen molar-refractivity contribution in [2.45, 2.75) is 66.0 Å². The van der Waals surface area contributed by atoms with Crippen LogP contribution in [-0.2, 0) is 9.53 Å². The maximum atomic E-state index is 10.2. The van der Waals surface area contributed by atoms with Crippen LogP contribution < -0.4 is 9.81 Å². The summed E-state index contributed by atoms with van der Waals surface area (Å²) in [6, 6.07) is 0.523. The van der Waals surface area contributed by atoms with E-state index in [1.54, 1.807) is 11.3 Å². The van der Waals surface area contributed by atoms with E-state index in [9.17, 15) is 4.79 Å². The third-order valence-corrected chi connectivity index (χ3v) is 6.19. The number of allylic oxidation sites excluding steroid dienone is 3. The van der Waals surface area contributed by atoms with Crippen molar-refractivity contribution in [3.8, 4) is 0 Å². The Balaban J connectivity index is 0.000000257. The minimum absolute atomic E-state index is 0.225. The highest BCUT2D eigenvalue weighted by Crippen LogP contribution is 2.40. The van der Waals surface area contributed by atoms with Gasteiger partial charge in [0.1, 0.15) is 5.60 Å². The van der Waals surface area contributed by atoms with Gasteiger partial charge in [0.05, 0.1) is 0 Å². The normalized spacial score (nSPS) is 19.6. The first kappa shape index (κ1) is 23.6. The first-order valence-electron chi connectivity index (χ1n) is 9.96. The zero-order valence-corrected chi connectivity index (χ0v) is 20.0. The third kappa shape index (κ3) is 6.96. The van der Waals surface area contributed by atoms with E-state index in [4.69, 9.17) is 12.6 Å². The summed E-state index contributed by atoms with van der Waals surface area (Å²) in [5.74, 6) is 0.471. The average molecular weight is 431 g/mol. The van der Waals surface area contributed by atoms with Gasteiger partial charge in [-0.3, -0.25) is 4.79 Å². The molecule has 0 N–H and O–H groups in total. The summed E-state index contributed by atoms with van der Waals surface area (Å²) in [6.07, 6.45) is 9.18. The number of rotatable bonds is 2. The standard InChI is InChI=1S/C13H12BN3S2.C6H12O2.C2H6/c1-17(9-4-2-3-7-5-8(7)6-9)13-16-11-10(19-13)15-12(14)18-11;1-5(7)8-6(2,3)4;1-2/h2-3,5,8-9H,4,6H2,1H3;1-4H3;1-2H3/t8-,9+;;/m0../s1. The number of hydrogen-bond donors (Lipinski definition) is 0. The molecule has 0 aromatic carbocycles. The van der Waals surface area contributed by atoms with Gasteiger partial charge < -0.3 is 9.64 Å². The van der Waals surface area contributed by atoms with Gasteiger partial charge in [-0.25, -0.2) is 9.97 Å². The number of thiazole rings is 2. The quantitative estimate of drug-likeness (QED) is 0.513. The lowest BCUT2D eigenvalue weighted by atomic mass is 10.1. The molecule has 156 valence electrons. The molecule has 8 heteroatoms. The van der Waals surface area contributed by atoms with Crippen LogP contribution >= 0.6 is 22.7 Å². The van der Waals surface area contributed by atoms with Gasteiger partial charge in [0.25, 0.3) is 0 Å². The molecule has 0 amide bonds. The molecule has 2 radical (unpaired) electrons. The van der Waals surface area contributed by atoms with Crippen LogP contribution in [0.5, 0.6) is 0 Å². The smallest absolute Gasteiger partial charge is 0.303 e. The molecular formula is C21H30BN3O2S2. The van der Waals surface area contributed by atoms with E-state index in [0.717, 1.165) is 21.2 Å². The Morgan fingerprint density at radius 3 is 2.45 bits per heavy atom. The Morgan fingerprint density at radius 1 is 1.24 bits per heavy atom. The summed E-state index contributed by atoms with van der Waals surface area (Å²) < 4.78 is 4.80. The van der Waals surface area contributed by atoms with E-state index in [0.29, 0.717) is 16.9 Å². The van der Waals surface area contributed by atoms with E-state index in [1.807, 2.05) is 34.6 Å². The second-order valence-corrected chi connectivity index (χ2v) is 9.74. The Kier molecular flexibility index (Phi) is 8.06. The molecule has 2 aromatic rings. The fourth-order valence-electron chi connectivity index (χ4n) is 3.02. The van der Waals surface area contributed by atoms with Crippen molar-refractivity contribution < 1.29 is 9.53 Å². The van der Waals surface area contributed by atoms with Crippen LogP contribution in [0.15, 0.2) is 23.8 Å². The number of ether oxygens (including phenoxy) is 1. The van der Waals surface area contributed by atoms with Crippen molar-refractivity contribution in [2.24, 2.45) is 5.92 Å². The molecule has 5 nitrogen and oxygen atoms in total. The molecule has 2 aliphatic carbocycles. The van der Waals surface area contributed by atoms with Gasteiger partial charge in [0.15, 0.2) is 22.6 Å². The number of esters is 1. The number of nitrogens with zero attached hydrogens (tertiary/aromatic N) is 3. The van der Waals surface area contributed by atoms with E-state index in [1.165, 1.54) is 30.3 Å². The molecule has 4 rings (SSSR count). The Bertz CT molecular complexity index is 864. The molecular weight excluding hydrogens is 401 g/mol. The summed E-state index contributed by atoms with van der Waals surface area (Å²) in [5, 5.41) is 1.05. The predicted molar refractivity (Wildman–Crippen MR) is 126 cm³/mol. The van der Waals surface area contributed by atoms with Gasteiger partial charge in [-0.2, -0.15) is 0 Å². The molecule has 2 aliphatic rings. The molecule has 0 saturated carbocycles. The molecule has 0 saturated heterocycles. The fraction of sp³-hybridized carbons (Fsp3) is 0.571. The predicted octanol–water partition coefficient (Wildman–Crippen LogP) is 4.63. The maximum absolute atomic E-state index is 10.2. The van der Waals surface area contributed by atoms with E-state index in [2.05, 4.69) is 40.1 Å². The topological polar surface area (TPSA) is 55.3 Å². The first-order chi connectivity index (χ1) is 13.6. The van der Waals surface area contributed by atoms with Crippen LogP contribution in [0.1, 0.15) is 54.4 Å². The number of aromatic nitrogens is 2. The summed E-state index contributed by atoms with van der Waals surface area (Å²) in [6.45, 7) is 10.9. The molecule has 0 bridgehead atoms. The van der Waals surface area contributed by atoms with Crippen molar-refractivity contribution in [3.63, 3.8) is 0 Å². The molecule has 2 heterocycles. The van der Waals surface area contributed by atoms with Crippen molar-refractivity contribution in [1.82, 2.24) is 9.97 Å². The lowest BCUT2D eigenvalue weighted by Crippen LogP contribution is -2.31. The molecule has 0 spiro atoms. The fourth-order valence-corrected chi connectivity index (χ4v) is 4.86. The molecule has 0 fully saturated rings. The highest BCUT2D eigenvalue weighted by molar-refractivity contribution is 7.31. The van der Waals surface area contributed by atoms with Gasteiger partial charge in [-0.15, -0.1) is 11.3 Å². The number of carbonyl (C=O) groups is 1. The Hall–Kier alpha value is -1.67. The van der Waals surface area contributed by atoms with Crippen LogP contribution in [-0.4, -0.2) is 42.5 Å². The average Bonchev–Trinajstić information content (AvgIpc) is 3.14. The lowest BCUT2D eigenvalue weighted by Gasteiger charge is -2.26. The molecule has 2 aromatic heterocycles. The van der Waals surface area contributed by atoms with Crippen LogP contribution in [0.4, 0.5) is 5.13 Å². The van der Waals surface area contributed by atoms with E-state index >= 15 is 0 Å². The first-order valence-corrected chi connectivity index (χ1v) is 11.6. The Morgan fingerprint density at radius 2 is 1.90 bits per heavy atom. The van der Waals surface area contributed by atoms with Crippen LogP contribution in [0.25, 0.3) is 9.66 Å². The molecule has 0 unspecified atom stereocenters. The summed E-state index contributed by atoms with van der Waals surface area (Å²) >= 11 is 3.10. The summed E-state index contributed by atoms with van der Waals surface area (Å²) in [5.41, 5.74) is 1.18. The van der Waals surface area contributed by atoms with Crippen molar-refractivity contribution in [1.29, 1.82) is 0 Å². The highest BCUT2D eigenvalue weighted by atomic mass is 32.1. The van der Waals surface area contributed by atoms with Gasteiger partial charge in [-0.05, 0) is 39.2 Å². The van der Waals surface area contributed by atoms with Crippen molar-refractivity contribution in [3.05, 3.63) is 23.8 Å². The lowest BCUT2D eigenvalue weighted by molar-refractivity contribution is -0.151.